The smallest absolute Gasteiger partial charge is 0.0398 e. The van der Waals surface area contributed by atoms with Crippen LogP contribution in [0.5, 0.6) is 0 Å². The molecular formula is C25H37N. The first-order valence-corrected chi connectivity index (χ1v) is 10.2. The van der Waals surface area contributed by atoms with E-state index in [0.717, 1.165) is 25.9 Å². The van der Waals surface area contributed by atoms with Crippen LogP contribution in [0.15, 0.2) is 54.6 Å². The van der Waals surface area contributed by atoms with E-state index in [2.05, 4.69) is 101 Å². The standard InChI is InChI=1S/C22H29N.C3H8/c1-5-9-22(23(6-2)7-3)21-14-12-19(13-15-21)17-20-11-8-10-18(4)16-20;1-3-2/h8-16H,5-7,17H2,1-4H3;3H2,1-2H3/b22-9-;. The summed E-state index contributed by atoms with van der Waals surface area (Å²) in [7, 11) is 0. The first-order chi connectivity index (χ1) is 12.6. The second-order valence-corrected chi connectivity index (χ2v) is 6.74. The van der Waals surface area contributed by atoms with Crippen LogP contribution in [0.2, 0.25) is 0 Å². The number of hydrogen-bond acceptors (Lipinski definition) is 1. The van der Waals surface area contributed by atoms with Gasteiger partial charge in [-0.15, -0.1) is 0 Å². The predicted molar refractivity (Wildman–Crippen MR) is 118 cm³/mol. The third-order valence-corrected chi connectivity index (χ3v) is 4.24. The molecule has 0 spiro atoms. The summed E-state index contributed by atoms with van der Waals surface area (Å²) in [6.45, 7) is 15.1. The Labute approximate surface area is 161 Å². The molecule has 0 heterocycles. The molecule has 0 N–H and O–H groups in total. The van der Waals surface area contributed by atoms with Crippen LogP contribution in [-0.2, 0) is 6.42 Å². The van der Waals surface area contributed by atoms with Crippen LogP contribution in [0.1, 0.15) is 69.7 Å². The fraction of sp³-hybridized carbons (Fsp3) is 0.440. The Morgan fingerprint density at radius 1 is 0.846 bits per heavy atom. The van der Waals surface area contributed by atoms with Crippen molar-refractivity contribution in [3.8, 4) is 0 Å². The lowest BCUT2D eigenvalue weighted by molar-refractivity contribution is 0.441. The highest BCUT2D eigenvalue weighted by atomic mass is 15.1. The largest absolute Gasteiger partial charge is 0.372 e. The van der Waals surface area contributed by atoms with Gasteiger partial charge in [0, 0.05) is 18.8 Å². The average Bonchev–Trinajstić information content (AvgIpc) is 2.63. The van der Waals surface area contributed by atoms with E-state index in [1.165, 1.54) is 34.4 Å². The molecule has 142 valence electrons. The molecule has 0 radical (unpaired) electrons. The highest BCUT2D eigenvalue weighted by Crippen LogP contribution is 2.21. The van der Waals surface area contributed by atoms with Crippen molar-refractivity contribution in [1.29, 1.82) is 0 Å². The Morgan fingerprint density at radius 2 is 1.46 bits per heavy atom. The normalized spacial score (nSPS) is 10.9. The van der Waals surface area contributed by atoms with Crippen LogP contribution >= 0.6 is 0 Å². The van der Waals surface area contributed by atoms with E-state index in [1.54, 1.807) is 0 Å². The summed E-state index contributed by atoms with van der Waals surface area (Å²) in [4.78, 5) is 2.43. The van der Waals surface area contributed by atoms with Crippen LogP contribution in [-0.4, -0.2) is 18.0 Å². The van der Waals surface area contributed by atoms with Gasteiger partial charge in [-0.2, -0.15) is 0 Å². The van der Waals surface area contributed by atoms with E-state index in [-0.39, 0.29) is 0 Å². The van der Waals surface area contributed by atoms with Gasteiger partial charge in [-0.25, -0.2) is 0 Å². The quantitative estimate of drug-likeness (QED) is 0.514. The van der Waals surface area contributed by atoms with E-state index in [4.69, 9.17) is 0 Å². The summed E-state index contributed by atoms with van der Waals surface area (Å²) < 4.78 is 0. The molecule has 1 nitrogen and oxygen atoms in total. The third kappa shape index (κ3) is 7.07. The number of hydrogen-bond donors (Lipinski definition) is 0. The van der Waals surface area contributed by atoms with Crippen molar-refractivity contribution in [3.63, 3.8) is 0 Å². The second-order valence-electron chi connectivity index (χ2n) is 6.74. The topological polar surface area (TPSA) is 3.24 Å². The predicted octanol–water partition coefficient (Wildman–Crippen LogP) is 7.09. The average molecular weight is 352 g/mol. The number of allylic oxidation sites excluding steroid dienone is 1. The maximum atomic E-state index is 2.43. The second kappa shape index (κ2) is 12.4. The zero-order valence-electron chi connectivity index (χ0n) is 17.7. The van der Waals surface area contributed by atoms with Crippen molar-refractivity contribution in [2.75, 3.05) is 13.1 Å². The molecule has 0 saturated carbocycles. The highest BCUT2D eigenvalue weighted by Gasteiger charge is 2.08. The van der Waals surface area contributed by atoms with Crippen molar-refractivity contribution in [1.82, 2.24) is 4.90 Å². The van der Waals surface area contributed by atoms with Crippen LogP contribution in [0.4, 0.5) is 0 Å². The highest BCUT2D eigenvalue weighted by molar-refractivity contribution is 5.64. The van der Waals surface area contributed by atoms with Gasteiger partial charge in [-0.05, 0) is 50.3 Å². The summed E-state index contributed by atoms with van der Waals surface area (Å²) in [5.74, 6) is 0. The number of aryl methyl sites for hydroxylation is 1. The van der Waals surface area contributed by atoms with Crippen molar-refractivity contribution < 1.29 is 0 Å². The molecule has 0 saturated heterocycles. The van der Waals surface area contributed by atoms with E-state index in [0.29, 0.717) is 0 Å². The van der Waals surface area contributed by atoms with Gasteiger partial charge < -0.3 is 4.90 Å². The van der Waals surface area contributed by atoms with Crippen LogP contribution in [0, 0.1) is 6.92 Å². The minimum Gasteiger partial charge on any atom is -0.372 e. The fourth-order valence-corrected chi connectivity index (χ4v) is 3.04. The molecule has 0 unspecified atom stereocenters. The molecule has 1 heteroatoms. The molecule has 0 aromatic heterocycles. The van der Waals surface area contributed by atoms with Crippen LogP contribution in [0.3, 0.4) is 0 Å². The number of nitrogens with zero attached hydrogens (tertiary/aromatic N) is 1. The Morgan fingerprint density at radius 3 is 1.96 bits per heavy atom. The number of benzene rings is 2. The van der Waals surface area contributed by atoms with Gasteiger partial charge >= 0.3 is 0 Å². The van der Waals surface area contributed by atoms with Crippen molar-refractivity contribution >= 4 is 5.70 Å². The minimum absolute atomic E-state index is 1.00. The van der Waals surface area contributed by atoms with E-state index < -0.39 is 0 Å². The number of rotatable bonds is 7. The van der Waals surface area contributed by atoms with Gasteiger partial charge in [-0.3, -0.25) is 0 Å². The van der Waals surface area contributed by atoms with Crippen molar-refractivity contribution in [2.45, 2.75) is 60.8 Å². The Bertz CT molecular complexity index is 648. The third-order valence-electron chi connectivity index (χ3n) is 4.24. The van der Waals surface area contributed by atoms with E-state index in [1.807, 2.05) is 0 Å². The zero-order chi connectivity index (χ0) is 19.4. The SMILES string of the molecule is CC/C=C(/c1ccc(Cc2cccc(C)c2)cc1)N(CC)CC.CCC. The molecule has 0 bridgehead atoms. The molecule has 0 atom stereocenters. The van der Waals surface area contributed by atoms with Gasteiger partial charge in [0.15, 0.2) is 0 Å². The minimum atomic E-state index is 1.00. The van der Waals surface area contributed by atoms with Gasteiger partial charge in [0.25, 0.3) is 0 Å². The summed E-state index contributed by atoms with van der Waals surface area (Å²) in [6, 6.07) is 17.8. The molecule has 0 aliphatic carbocycles. The Kier molecular flexibility index (Phi) is 10.5. The maximum Gasteiger partial charge on any atom is 0.0398 e. The first-order valence-electron chi connectivity index (χ1n) is 10.2. The van der Waals surface area contributed by atoms with E-state index >= 15 is 0 Å². The molecular weight excluding hydrogens is 314 g/mol. The first kappa shape index (κ1) is 22.0. The van der Waals surface area contributed by atoms with Gasteiger partial charge in [0.1, 0.15) is 0 Å². The van der Waals surface area contributed by atoms with Gasteiger partial charge in [-0.1, -0.05) is 87.4 Å². The van der Waals surface area contributed by atoms with Gasteiger partial charge in [0.2, 0.25) is 0 Å². The van der Waals surface area contributed by atoms with Gasteiger partial charge in [0.05, 0.1) is 0 Å². The fourth-order valence-electron chi connectivity index (χ4n) is 3.04. The van der Waals surface area contributed by atoms with Crippen LogP contribution < -0.4 is 0 Å². The lowest BCUT2D eigenvalue weighted by Crippen LogP contribution is -2.21. The molecule has 0 amide bonds. The Hall–Kier alpha value is -2.02. The molecule has 2 rings (SSSR count). The molecule has 0 fully saturated rings. The van der Waals surface area contributed by atoms with Crippen molar-refractivity contribution in [3.05, 3.63) is 76.9 Å². The zero-order valence-corrected chi connectivity index (χ0v) is 17.7. The molecule has 26 heavy (non-hydrogen) atoms. The monoisotopic (exact) mass is 351 g/mol. The molecule has 2 aromatic carbocycles. The maximum absolute atomic E-state index is 2.43. The lowest BCUT2D eigenvalue weighted by Gasteiger charge is -2.25. The van der Waals surface area contributed by atoms with Crippen LogP contribution in [0.25, 0.3) is 5.70 Å². The van der Waals surface area contributed by atoms with E-state index in [9.17, 15) is 0 Å². The summed E-state index contributed by atoms with van der Waals surface area (Å²) >= 11 is 0. The lowest BCUT2D eigenvalue weighted by atomic mass is 10.0. The summed E-state index contributed by atoms with van der Waals surface area (Å²) in [5, 5.41) is 0. The summed E-state index contributed by atoms with van der Waals surface area (Å²) in [6.07, 6.45) is 5.65. The van der Waals surface area contributed by atoms with Crippen molar-refractivity contribution in [2.24, 2.45) is 0 Å². The molecule has 2 aromatic rings. The molecule has 0 aliphatic heterocycles. The molecule has 0 aliphatic rings. The Balaban J connectivity index is 0.00000105. The summed E-state index contributed by atoms with van der Waals surface area (Å²) in [5.41, 5.74) is 6.76.